The highest BCUT2D eigenvalue weighted by Crippen LogP contribution is 2.19. The molecule has 5 heteroatoms. The summed E-state index contributed by atoms with van der Waals surface area (Å²) in [6.07, 6.45) is 4.68. The number of amides is 1. The van der Waals surface area contributed by atoms with Gasteiger partial charge in [0.25, 0.3) is 5.91 Å². The van der Waals surface area contributed by atoms with Crippen LogP contribution in [-0.2, 0) is 0 Å². The number of nitrogens with zero attached hydrogens (tertiary/aromatic N) is 1. The highest BCUT2D eigenvalue weighted by molar-refractivity contribution is 6.29. The predicted octanol–water partition coefficient (Wildman–Crippen LogP) is 2.62. The predicted molar refractivity (Wildman–Crippen MR) is 72.0 cm³/mol. The summed E-state index contributed by atoms with van der Waals surface area (Å²) in [5.74, 6) is 0.590. The molecule has 1 aliphatic rings. The van der Waals surface area contributed by atoms with E-state index in [4.69, 9.17) is 16.0 Å². The van der Waals surface area contributed by atoms with Crippen LogP contribution < -0.4 is 5.32 Å². The molecule has 0 unspecified atom stereocenters. The van der Waals surface area contributed by atoms with Crippen LogP contribution >= 0.6 is 11.6 Å². The summed E-state index contributed by atoms with van der Waals surface area (Å²) in [4.78, 5) is 15.9. The van der Waals surface area contributed by atoms with E-state index in [1.807, 2.05) is 6.08 Å². The Kier molecular flexibility index (Phi) is 3.99. The minimum atomic E-state index is -0.309. The quantitative estimate of drug-likeness (QED) is 0.909. The molecule has 2 heterocycles. The first-order valence-electron chi connectivity index (χ1n) is 5.58. The maximum absolute atomic E-state index is 11.7. The summed E-state index contributed by atoms with van der Waals surface area (Å²) in [7, 11) is 0. The van der Waals surface area contributed by atoms with Gasteiger partial charge in [-0.05, 0) is 18.6 Å². The summed E-state index contributed by atoms with van der Waals surface area (Å²) < 4.78 is 5.47. The second-order valence-electron chi connectivity index (χ2n) is 3.85. The van der Waals surface area contributed by atoms with Crippen molar-refractivity contribution in [1.82, 2.24) is 5.32 Å². The SMILES string of the molecule is C=C(Cl)CNC(=O)c1ccc(C2=CCCN=C2)o1. The Morgan fingerprint density at radius 3 is 3.06 bits per heavy atom. The third-order valence-corrected chi connectivity index (χ3v) is 2.54. The van der Waals surface area contributed by atoms with Gasteiger partial charge in [-0.3, -0.25) is 9.79 Å². The van der Waals surface area contributed by atoms with E-state index in [1.165, 1.54) is 0 Å². The van der Waals surface area contributed by atoms with Crippen LogP contribution in [0.2, 0.25) is 0 Å². The molecule has 0 saturated carbocycles. The average Bonchev–Trinajstić information content (AvgIpc) is 2.86. The van der Waals surface area contributed by atoms with E-state index >= 15 is 0 Å². The summed E-state index contributed by atoms with van der Waals surface area (Å²) in [5, 5.41) is 2.97. The van der Waals surface area contributed by atoms with Gasteiger partial charge in [0, 0.05) is 23.4 Å². The molecule has 0 aliphatic carbocycles. The second-order valence-corrected chi connectivity index (χ2v) is 4.38. The first kappa shape index (κ1) is 12.6. The zero-order valence-corrected chi connectivity index (χ0v) is 10.5. The van der Waals surface area contributed by atoms with Crippen molar-refractivity contribution < 1.29 is 9.21 Å². The smallest absolute Gasteiger partial charge is 0.287 e. The largest absolute Gasteiger partial charge is 0.451 e. The molecule has 0 bridgehead atoms. The van der Waals surface area contributed by atoms with E-state index in [0.29, 0.717) is 10.8 Å². The minimum Gasteiger partial charge on any atom is -0.451 e. The lowest BCUT2D eigenvalue weighted by atomic mass is 10.1. The number of allylic oxidation sites excluding steroid dienone is 1. The molecule has 4 nitrogen and oxygen atoms in total. The monoisotopic (exact) mass is 264 g/mol. The molecular formula is C13H13ClN2O2. The maximum Gasteiger partial charge on any atom is 0.287 e. The molecule has 1 aliphatic heterocycles. The van der Waals surface area contributed by atoms with E-state index in [2.05, 4.69) is 16.9 Å². The molecule has 0 spiro atoms. The molecule has 0 radical (unpaired) electrons. The Hall–Kier alpha value is -1.81. The van der Waals surface area contributed by atoms with Gasteiger partial charge in [-0.15, -0.1) is 0 Å². The third-order valence-electron chi connectivity index (χ3n) is 2.41. The van der Waals surface area contributed by atoms with Crippen molar-refractivity contribution in [3.05, 3.63) is 41.3 Å². The van der Waals surface area contributed by atoms with Gasteiger partial charge in [-0.25, -0.2) is 0 Å². The molecule has 1 N–H and O–H groups in total. The third kappa shape index (κ3) is 3.11. The number of furan rings is 1. The van der Waals surface area contributed by atoms with Crippen molar-refractivity contribution in [2.24, 2.45) is 4.99 Å². The van der Waals surface area contributed by atoms with Gasteiger partial charge >= 0.3 is 0 Å². The number of nitrogens with one attached hydrogen (secondary N) is 1. The van der Waals surface area contributed by atoms with Crippen LogP contribution in [0.3, 0.4) is 0 Å². The highest BCUT2D eigenvalue weighted by atomic mass is 35.5. The van der Waals surface area contributed by atoms with Crippen LogP contribution in [0.5, 0.6) is 0 Å². The highest BCUT2D eigenvalue weighted by Gasteiger charge is 2.13. The molecule has 0 atom stereocenters. The van der Waals surface area contributed by atoms with E-state index in [0.717, 1.165) is 18.5 Å². The summed E-state index contributed by atoms with van der Waals surface area (Å²) in [5.41, 5.74) is 0.905. The topological polar surface area (TPSA) is 54.6 Å². The zero-order chi connectivity index (χ0) is 13.0. The number of hydrogen-bond donors (Lipinski definition) is 1. The fourth-order valence-electron chi connectivity index (χ4n) is 1.55. The van der Waals surface area contributed by atoms with Gasteiger partial charge in [0.05, 0.1) is 6.54 Å². The van der Waals surface area contributed by atoms with Crippen molar-refractivity contribution in [2.45, 2.75) is 6.42 Å². The van der Waals surface area contributed by atoms with E-state index < -0.39 is 0 Å². The van der Waals surface area contributed by atoms with Crippen molar-refractivity contribution in [3.63, 3.8) is 0 Å². The molecule has 1 aromatic heterocycles. The van der Waals surface area contributed by atoms with E-state index in [-0.39, 0.29) is 18.2 Å². The van der Waals surface area contributed by atoms with Gasteiger partial charge in [-0.2, -0.15) is 0 Å². The minimum absolute atomic E-state index is 0.223. The zero-order valence-electron chi connectivity index (χ0n) is 9.78. The molecule has 2 rings (SSSR count). The van der Waals surface area contributed by atoms with E-state index in [1.54, 1.807) is 18.3 Å². The van der Waals surface area contributed by atoms with Crippen LogP contribution in [0.15, 0.2) is 39.2 Å². The Bertz CT molecular complexity index is 529. The number of hydrogen-bond acceptors (Lipinski definition) is 3. The van der Waals surface area contributed by atoms with Crippen molar-refractivity contribution >= 4 is 29.3 Å². The summed E-state index contributed by atoms with van der Waals surface area (Å²) >= 11 is 5.57. The lowest BCUT2D eigenvalue weighted by Crippen LogP contribution is -2.23. The molecule has 1 aromatic rings. The molecule has 0 aromatic carbocycles. The van der Waals surface area contributed by atoms with Crippen molar-refractivity contribution in [3.8, 4) is 0 Å². The molecule has 0 saturated heterocycles. The summed E-state index contributed by atoms with van der Waals surface area (Å²) in [6, 6.07) is 3.39. The first-order chi connectivity index (χ1) is 8.66. The first-order valence-corrected chi connectivity index (χ1v) is 5.96. The molecule has 1 amide bonds. The van der Waals surface area contributed by atoms with Crippen LogP contribution in [0.4, 0.5) is 0 Å². The number of carbonyl (C=O) groups is 1. The second kappa shape index (κ2) is 5.69. The van der Waals surface area contributed by atoms with Crippen LogP contribution in [0, 0.1) is 0 Å². The average molecular weight is 265 g/mol. The maximum atomic E-state index is 11.7. The van der Waals surface area contributed by atoms with Crippen LogP contribution in [0.25, 0.3) is 5.57 Å². The number of rotatable bonds is 4. The Labute approximate surface area is 110 Å². The Balaban J connectivity index is 2.06. The van der Waals surface area contributed by atoms with Gasteiger partial charge in [-0.1, -0.05) is 24.3 Å². The van der Waals surface area contributed by atoms with Crippen LogP contribution in [-0.4, -0.2) is 25.2 Å². The van der Waals surface area contributed by atoms with Gasteiger partial charge < -0.3 is 9.73 Å². The number of halogens is 1. The number of dihydropyridines is 1. The molecule has 18 heavy (non-hydrogen) atoms. The van der Waals surface area contributed by atoms with Crippen molar-refractivity contribution in [2.75, 3.05) is 13.1 Å². The normalized spacial score (nSPS) is 14.2. The lowest BCUT2D eigenvalue weighted by molar-refractivity contribution is 0.0929. The molecule has 94 valence electrons. The Morgan fingerprint density at radius 1 is 1.56 bits per heavy atom. The Morgan fingerprint density at radius 2 is 2.39 bits per heavy atom. The summed E-state index contributed by atoms with van der Waals surface area (Å²) in [6.45, 7) is 4.52. The fourth-order valence-corrected chi connectivity index (χ4v) is 1.62. The number of aliphatic imine (C=N–C) groups is 1. The standard InChI is InChI=1S/C13H13ClN2O2/c1-9(14)7-16-13(17)12-5-4-11(18-12)10-3-2-6-15-8-10/h3-5,8H,1-2,6-7H2,(H,16,17). The van der Waals surface area contributed by atoms with Gasteiger partial charge in [0.1, 0.15) is 5.76 Å². The van der Waals surface area contributed by atoms with E-state index in [9.17, 15) is 4.79 Å². The molecular weight excluding hydrogens is 252 g/mol. The van der Waals surface area contributed by atoms with Crippen LogP contribution in [0.1, 0.15) is 22.7 Å². The van der Waals surface area contributed by atoms with Gasteiger partial charge in [0.2, 0.25) is 0 Å². The molecule has 0 fully saturated rings. The number of carbonyl (C=O) groups excluding carboxylic acids is 1. The van der Waals surface area contributed by atoms with Gasteiger partial charge in [0.15, 0.2) is 5.76 Å². The fraction of sp³-hybridized carbons (Fsp3) is 0.231. The van der Waals surface area contributed by atoms with Crippen molar-refractivity contribution in [1.29, 1.82) is 0 Å². The lowest BCUT2D eigenvalue weighted by Gasteiger charge is -2.03.